The Bertz CT molecular complexity index is 381. The maximum atomic E-state index is 12.9. The molecule has 0 saturated carbocycles. The molecular formula is C7H4Cl2FNO2. The quantitative estimate of drug-likeness (QED) is 0.720. The fourth-order valence-corrected chi connectivity index (χ4v) is 1.31. The summed E-state index contributed by atoms with van der Waals surface area (Å²) in [6, 6.07) is 0.812. The number of aromatic carboxylic acids is 1. The van der Waals surface area contributed by atoms with Crippen LogP contribution in [0.3, 0.4) is 0 Å². The van der Waals surface area contributed by atoms with E-state index in [0.717, 1.165) is 6.07 Å². The Balaban J connectivity index is 3.53. The topological polar surface area (TPSA) is 63.3 Å². The van der Waals surface area contributed by atoms with Crippen LogP contribution in [0.5, 0.6) is 0 Å². The number of nitrogen functional groups attached to an aromatic ring is 1. The van der Waals surface area contributed by atoms with Crippen LogP contribution < -0.4 is 5.73 Å². The molecule has 0 atom stereocenters. The first-order valence-electron chi connectivity index (χ1n) is 3.11. The molecule has 70 valence electrons. The van der Waals surface area contributed by atoms with E-state index in [9.17, 15) is 9.18 Å². The van der Waals surface area contributed by atoms with Gasteiger partial charge in [0.2, 0.25) is 0 Å². The minimum absolute atomic E-state index is 0.104. The normalized spacial score (nSPS) is 10.1. The largest absolute Gasteiger partial charge is 0.478 e. The summed E-state index contributed by atoms with van der Waals surface area (Å²) in [7, 11) is 0. The van der Waals surface area contributed by atoms with Gasteiger partial charge in [-0.1, -0.05) is 23.2 Å². The molecule has 0 spiro atoms. The second-order valence-corrected chi connectivity index (χ2v) is 3.03. The van der Waals surface area contributed by atoms with Gasteiger partial charge in [-0.05, 0) is 6.07 Å². The van der Waals surface area contributed by atoms with Crippen LogP contribution in [-0.4, -0.2) is 11.1 Å². The van der Waals surface area contributed by atoms with Gasteiger partial charge in [0, 0.05) is 0 Å². The molecular weight excluding hydrogens is 220 g/mol. The van der Waals surface area contributed by atoms with Crippen molar-refractivity contribution in [2.45, 2.75) is 0 Å². The first kappa shape index (κ1) is 10.1. The van der Waals surface area contributed by atoms with Gasteiger partial charge < -0.3 is 10.8 Å². The van der Waals surface area contributed by atoms with Crippen molar-refractivity contribution in [3.8, 4) is 0 Å². The summed E-state index contributed by atoms with van der Waals surface area (Å²) in [6.45, 7) is 0. The fraction of sp³-hybridized carbons (Fsp3) is 0. The van der Waals surface area contributed by atoms with Gasteiger partial charge in [0.1, 0.15) is 11.4 Å². The van der Waals surface area contributed by atoms with Crippen molar-refractivity contribution in [1.82, 2.24) is 0 Å². The average molecular weight is 224 g/mol. The monoisotopic (exact) mass is 223 g/mol. The average Bonchev–Trinajstić information content (AvgIpc) is 1.99. The molecule has 13 heavy (non-hydrogen) atoms. The predicted molar refractivity (Wildman–Crippen MR) is 47.8 cm³/mol. The number of benzene rings is 1. The number of hydrogen-bond donors (Lipinski definition) is 2. The van der Waals surface area contributed by atoms with Gasteiger partial charge in [-0.2, -0.15) is 0 Å². The lowest BCUT2D eigenvalue weighted by Crippen LogP contribution is -2.04. The van der Waals surface area contributed by atoms with Crippen LogP contribution in [0.15, 0.2) is 6.07 Å². The molecule has 0 aliphatic carbocycles. The molecule has 1 aromatic rings. The Hall–Kier alpha value is -1.00. The molecule has 0 aliphatic heterocycles. The number of halogens is 3. The molecule has 0 aliphatic rings. The van der Waals surface area contributed by atoms with E-state index in [1.165, 1.54) is 0 Å². The molecule has 6 heteroatoms. The Kier molecular flexibility index (Phi) is 2.63. The Morgan fingerprint density at radius 2 is 2.08 bits per heavy atom. The number of carbonyl (C=O) groups is 1. The zero-order valence-corrected chi connectivity index (χ0v) is 7.66. The Morgan fingerprint density at radius 3 is 2.54 bits per heavy atom. The van der Waals surface area contributed by atoms with E-state index in [2.05, 4.69) is 0 Å². The number of nitrogens with two attached hydrogens (primary N) is 1. The van der Waals surface area contributed by atoms with Gasteiger partial charge >= 0.3 is 5.97 Å². The smallest absolute Gasteiger partial charge is 0.340 e. The summed E-state index contributed by atoms with van der Waals surface area (Å²) in [6.07, 6.45) is 0. The van der Waals surface area contributed by atoms with E-state index >= 15 is 0 Å². The van der Waals surface area contributed by atoms with Gasteiger partial charge in [0.25, 0.3) is 0 Å². The summed E-state index contributed by atoms with van der Waals surface area (Å²) in [4.78, 5) is 10.5. The Morgan fingerprint density at radius 1 is 1.54 bits per heavy atom. The minimum atomic E-state index is -1.48. The molecule has 0 amide bonds. The van der Waals surface area contributed by atoms with E-state index in [-0.39, 0.29) is 15.7 Å². The van der Waals surface area contributed by atoms with Crippen LogP contribution in [0, 0.1) is 5.82 Å². The highest BCUT2D eigenvalue weighted by Gasteiger charge is 2.19. The van der Waals surface area contributed by atoms with Crippen LogP contribution in [0.4, 0.5) is 10.1 Å². The van der Waals surface area contributed by atoms with Crippen LogP contribution in [0.2, 0.25) is 10.0 Å². The predicted octanol–water partition coefficient (Wildman–Crippen LogP) is 2.41. The molecule has 0 fully saturated rings. The molecule has 0 unspecified atom stereocenters. The second kappa shape index (κ2) is 3.40. The minimum Gasteiger partial charge on any atom is -0.478 e. The highest BCUT2D eigenvalue weighted by atomic mass is 35.5. The zero-order valence-electron chi connectivity index (χ0n) is 6.14. The molecule has 1 aromatic carbocycles. The maximum Gasteiger partial charge on any atom is 0.340 e. The zero-order chi connectivity index (χ0) is 10.2. The molecule has 1 rings (SSSR count). The molecule has 0 aromatic heterocycles. The first-order valence-corrected chi connectivity index (χ1v) is 3.87. The second-order valence-electron chi connectivity index (χ2n) is 2.25. The third-order valence-electron chi connectivity index (χ3n) is 1.42. The third-order valence-corrected chi connectivity index (χ3v) is 2.12. The van der Waals surface area contributed by atoms with Gasteiger partial charge in [0.05, 0.1) is 15.7 Å². The van der Waals surface area contributed by atoms with E-state index < -0.39 is 17.3 Å². The molecule has 0 radical (unpaired) electrons. The SMILES string of the molecule is Nc1c(Cl)cc(F)c(C(=O)O)c1Cl. The van der Waals surface area contributed by atoms with E-state index in [1.807, 2.05) is 0 Å². The van der Waals surface area contributed by atoms with Crippen molar-refractivity contribution in [1.29, 1.82) is 0 Å². The lowest BCUT2D eigenvalue weighted by atomic mass is 10.2. The molecule has 0 heterocycles. The van der Waals surface area contributed by atoms with Gasteiger partial charge in [-0.3, -0.25) is 0 Å². The van der Waals surface area contributed by atoms with Crippen molar-refractivity contribution in [3.63, 3.8) is 0 Å². The lowest BCUT2D eigenvalue weighted by Gasteiger charge is -2.05. The van der Waals surface area contributed by atoms with Crippen LogP contribution in [0.1, 0.15) is 10.4 Å². The van der Waals surface area contributed by atoms with Gasteiger partial charge in [-0.15, -0.1) is 0 Å². The van der Waals surface area contributed by atoms with Crippen molar-refractivity contribution in [2.75, 3.05) is 5.73 Å². The van der Waals surface area contributed by atoms with Crippen molar-refractivity contribution in [2.24, 2.45) is 0 Å². The third kappa shape index (κ3) is 1.68. The highest BCUT2D eigenvalue weighted by molar-refractivity contribution is 6.40. The van der Waals surface area contributed by atoms with Crippen LogP contribution in [-0.2, 0) is 0 Å². The highest BCUT2D eigenvalue weighted by Crippen LogP contribution is 2.32. The van der Waals surface area contributed by atoms with E-state index in [4.69, 9.17) is 34.0 Å². The summed E-state index contributed by atoms with van der Waals surface area (Å²) in [5.74, 6) is -2.48. The number of anilines is 1. The van der Waals surface area contributed by atoms with E-state index in [0.29, 0.717) is 0 Å². The van der Waals surface area contributed by atoms with Crippen LogP contribution >= 0.6 is 23.2 Å². The summed E-state index contributed by atoms with van der Waals surface area (Å²) >= 11 is 10.9. The molecule has 3 N–H and O–H groups in total. The van der Waals surface area contributed by atoms with Crippen molar-refractivity contribution in [3.05, 3.63) is 27.5 Å². The van der Waals surface area contributed by atoms with Crippen molar-refractivity contribution < 1.29 is 14.3 Å². The summed E-state index contributed by atoms with van der Waals surface area (Å²) in [5.41, 5.74) is 4.50. The number of rotatable bonds is 1. The van der Waals surface area contributed by atoms with E-state index in [1.54, 1.807) is 0 Å². The van der Waals surface area contributed by atoms with Crippen LogP contribution in [0.25, 0.3) is 0 Å². The molecule has 0 saturated heterocycles. The number of carboxylic acid groups (broad SMARTS) is 1. The first-order chi connectivity index (χ1) is 5.95. The fourth-order valence-electron chi connectivity index (χ4n) is 0.802. The van der Waals surface area contributed by atoms with Gasteiger partial charge in [-0.25, -0.2) is 9.18 Å². The summed E-state index contributed by atoms with van der Waals surface area (Å²) in [5, 5.41) is 8.06. The maximum absolute atomic E-state index is 12.9. The number of carboxylic acids is 1. The molecule has 3 nitrogen and oxygen atoms in total. The molecule has 0 bridgehead atoms. The lowest BCUT2D eigenvalue weighted by molar-refractivity contribution is 0.0692. The summed E-state index contributed by atoms with van der Waals surface area (Å²) < 4.78 is 12.9. The van der Waals surface area contributed by atoms with Crippen molar-refractivity contribution >= 4 is 34.9 Å². The number of hydrogen-bond acceptors (Lipinski definition) is 2. The van der Waals surface area contributed by atoms with Gasteiger partial charge in [0.15, 0.2) is 0 Å². The standard InChI is InChI=1S/C7H4Cl2FNO2/c8-2-1-3(10)4(7(12)13)5(9)6(2)11/h1H,11H2,(H,12,13). The Labute approximate surface area is 82.9 Å².